The quantitative estimate of drug-likeness (QED) is 0.599. The number of benzene rings is 1. The molecule has 0 saturated heterocycles. The minimum Gasteiger partial charge on any atom is -0.294 e. The molecule has 0 radical (unpaired) electrons. The summed E-state index contributed by atoms with van der Waals surface area (Å²) in [7, 11) is 1.87. The molecule has 0 amide bonds. The fraction of sp³-hybridized carbons (Fsp3) is 0.571. The summed E-state index contributed by atoms with van der Waals surface area (Å²) >= 11 is 0. The Morgan fingerprint density at radius 2 is 2.06 bits per heavy atom. The van der Waals surface area contributed by atoms with E-state index in [0.29, 0.717) is 11.8 Å². The third kappa shape index (κ3) is 3.96. The van der Waals surface area contributed by atoms with E-state index in [-0.39, 0.29) is 5.75 Å². The van der Waals surface area contributed by atoms with Crippen molar-refractivity contribution in [2.24, 2.45) is 11.8 Å². The second-order valence-corrected chi connectivity index (χ2v) is 4.77. The van der Waals surface area contributed by atoms with Crippen LogP contribution in [0.4, 0.5) is 4.53 Å². The topological polar surface area (TPSA) is 38.5 Å². The number of hydrogen-bond donors (Lipinski definition) is 1. The van der Waals surface area contributed by atoms with Gasteiger partial charge in [0.15, 0.2) is 5.75 Å². The standard InChI is InChI=1S/C14H23FN2O/c1-4-11(10-17(3)16)14(5-2)12-7-6-8-13(9-12)18-15/h6-9,11,14H,4-5,10,16H2,1-3H3. The molecule has 1 rings (SSSR count). The van der Waals surface area contributed by atoms with Crippen LogP contribution in [-0.2, 0) is 0 Å². The summed E-state index contributed by atoms with van der Waals surface area (Å²) in [6, 6.07) is 7.24. The molecule has 2 unspecified atom stereocenters. The van der Waals surface area contributed by atoms with Crippen LogP contribution in [0.2, 0.25) is 0 Å². The van der Waals surface area contributed by atoms with Gasteiger partial charge in [-0.15, -0.1) is 0 Å². The van der Waals surface area contributed by atoms with Crippen molar-refractivity contribution >= 4 is 0 Å². The Labute approximate surface area is 109 Å². The van der Waals surface area contributed by atoms with Gasteiger partial charge in [0.2, 0.25) is 0 Å². The molecular formula is C14H23FN2O. The Hall–Kier alpha value is -1.13. The van der Waals surface area contributed by atoms with Crippen LogP contribution in [0.5, 0.6) is 5.75 Å². The maximum atomic E-state index is 12.2. The highest BCUT2D eigenvalue weighted by Crippen LogP contribution is 2.32. The van der Waals surface area contributed by atoms with Crippen LogP contribution < -0.4 is 10.8 Å². The summed E-state index contributed by atoms with van der Waals surface area (Å²) < 4.78 is 12.2. The molecule has 3 nitrogen and oxygen atoms in total. The number of rotatable bonds is 7. The molecule has 0 saturated carbocycles. The maximum Gasteiger partial charge on any atom is 0.172 e. The zero-order chi connectivity index (χ0) is 13.5. The molecular weight excluding hydrogens is 231 g/mol. The fourth-order valence-corrected chi connectivity index (χ4v) is 2.55. The first-order valence-corrected chi connectivity index (χ1v) is 6.46. The van der Waals surface area contributed by atoms with Crippen molar-refractivity contribution in [2.75, 3.05) is 13.6 Å². The van der Waals surface area contributed by atoms with Crippen molar-refractivity contribution in [3.63, 3.8) is 0 Å². The Balaban J connectivity index is 2.91. The molecule has 18 heavy (non-hydrogen) atoms. The number of nitrogens with zero attached hydrogens (tertiary/aromatic N) is 1. The maximum absolute atomic E-state index is 12.2. The van der Waals surface area contributed by atoms with Crippen LogP contribution in [0.25, 0.3) is 0 Å². The first-order valence-electron chi connectivity index (χ1n) is 6.46. The molecule has 4 heteroatoms. The van der Waals surface area contributed by atoms with Crippen molar-refractivity contribution in [1.29, 1.82) is 0 Å². The predicted molar refractivity (Wildman–Crippen MR) is 71.8 cm³/mol. The van der Waals surface area contributed by atoms with Crippen molar-refractivity contribution in [3.8, 4) is 5.75 Å². The van der Waals surface area contributed by atoms with Crippen LogP contribution in [0, 0.1) is 5.92 Å². The Kier molecular flexibility index (Phi) is 6.09. The highest BCUT2D eigenvalue weighted by Gasteiger charge is 2.21. The van der Waals surface area contributed by atoms with Gasteiger partial charge in [0.25, 0.3) is 0 Å². The summed E-state index contributed by atoms with van der Waals surface area (Å²) in [5.74, 6) is 6.84. The molecule has 1 aromatic rings. The number of nitrogens with two attached hydrogens (primary N) is 1. The van der Waals surface area contributed by atoms with Gasteiger partial charge in [-0.25, -0.2) is 5.01 Å². The van der Waals surface area contributed by atoms with E-state index in [1.807, 2.05) is 19.2 Å². The molecule has 0 fully saturated rings. The van der Waals surface area contributed by atoms with Gasteiger partial charge >= 0.3 is 0 Å². The van der Waals surface area contributed by atoms with Crippen LogP contribution in [0.1, 0.15) is 38.2 Å². The third-order valence-corrected chi connectivity index (χ3v) is 3.43. The van der Waals surface area contributed by atoms with Crippen molar-refractivity contribution in [1.82, 2.24) is 5.01 Å². The molecule has 0 spiro atoms. The molecule has 2 N–H and O–H groups in total. The zero-order valence-electron chi connectivity index (χ0n) is 11.4. The smallest absolute Gasteiger partial charge is 0.172 e. The predicted octanol–water partition coefficient (Wildman–Crippen LogP) is 3.28. The lowest BCUT2D eigenvalue weighted by Crippen LogP contribution is -2.33. The lowest BCUT2D eigenvalue weighted by Gasteiger charge is -2.28. The SMILES string of the molecule is CCC(CN(C)N)C(CC)c1cccc(OF)c1. The first kappa shape index (κ1) is 14.9. The van der Waals surface area contributed by atoms with Gasteiger partial charge in [0.05, 0.1) is 0 Å². The van der Waals surface area contributed by atoms with Crippen LogP contribution >= 0.6 is 0 Å². The lowest BCUT2D eigenvalue weighted by molar-refractivity contribution is -0.00635. The normalized spacial score (nSPS) is 14.6. The van der Waals surface area contributed by atoms with E-state index in [1.165, 1.54) is 0 Å². The lowest BCUT2D eigenvalue weighted by atomic mass is 9.82. The molecule has 0 heterocycles. The molecule has 0 bridgehead atoms. The highest BCUT2D eigenvalue weighted by molar-refractivity contribution is 5.31. The molecule has 2 atom stereocenters. The summed E-state index contributed by atoms with van der Waals surface area (Å²) in [5, 5.41) is 1.71. The third-order valence-electron chi connectivity index (χ3n) is 3.43. The first-order chi connectivity index (χ1) is 8.62. The highest BCUT2D eigenvalue weighted by atomic mass is 19.3. The van der Waals surface area contributed by atoms with Crippen molar-refractivity contribution < 1.29 is 9.47 Å². The average Bonchev–Trinajstić information content (AvgIpc) is 2.38. The van der Waals surface area contributed by atoms with E-state index in [1.54, 1.807) is 17.1 Å². The van der Waals surface area contributed by atoms with Gasteiger partial charge in [0, 0.05) is 18.1 Å². The molecule has 0 aromatic heterocycles. The van der Waals surface area contributed by atoms with E-state index in [4.69, 9.17) is 5.84 Å². The minimum absolute atomic E-state index is 0.266. The molecule has 0 aliphatic rings. The monoisotopic (exact) mass is 254 g/mol. The summed E-state index contributed by atoms with van der Waals surface area (Å²) in [4.78, 5) is 3.81. The van der Waals surface area contributed by atoms with Gasteiger partial charge in [-0.2, -0.15) is 0 Å². The molecule has 0 aliphatic heterocycles. The number of hydrazine groups is 1. The van der Waals surface area contributed by atoms with E-state index >= 15 is 0 Å². The van der Waals surface area contributed by atoms with Crippen molar-refractivity contribution in [3.05, 3.63) is 29.8 Å². The van der Waals surface area contributed by atoms with Crippen molar-refractivity contribution in [2.45, 2.75) is 32.6 Å². The zero-order valence-corrected chi connectivity index (χ0v) is 11.4. The van der Waals surface area contributed by atoms with Crippen LogP contribution in [-0.4, -0.2) is 18.6 Å². The second kappa shape index (κ2) is 7.34. The number of hydrogen-bond acceptors (Lipinski definition) is 3. The van der Waals surface area contributed by atoms with E-state index in [0.717, 1.165) is 24.9 Å². The molecule has 0 aliphatic carbocycles. The largest absolute Gasteiger partial charge is 0.294 e. The van der Waals surface area contributed by atoms with Gasteiger partial charge in [-0.3, -0.25) is 10.8 Å². The number of halogens is 1. The average molecular weight is 254 g/mol. The van der Waals surface area contributed by atoms with Crippen LogP contribution in [0.3, 0.4) is 0 Å². The van der Waals surface area contributed by atoms with Crippen LogP contribution in [0.15, 0.2) is 24.3 Å². The van der Waals surface area contributed by atoms with Gasteiger partial charge in [-0.05, 0) is 36.0 Å². The van der Waals surface area contributed by atoms with Gasteiger partial charge in [0.1, 0.15) is 0 Å². The summed E-state index contributed by atoms with van der Waals surface area (Å²) in [6.45, 7) is 5.13. The van der Waals surface area contributed by atoms with E-state index in [9.17, 15) is 4.53 Å². The van der Waals surface area contributed by atoms with Gasteiger partial charge < -0.3 is 0 Å². The van der Waals surface area contributed by atoms with E-state index < -0.39 is 0 Å². The Bertz CT molecular complexity index is 357. The van der Waals surface area contributed by atoms with Gasteiger partial charge in [-0.1, -0.05) is 32.4 Å². The Morgan fingerprint density at radius 3 is 2.56 bits per heavy atom. The summed E-state index contributed by atoms with van der Waals surface area (Å²) in [6.07, 6.45) is 2.04. The Morgan fingerprint density at radius 1 is 1.33 bits per heavy atom. The molecule has 1 aromatic carbocycles. The summed E-state index contributed by atoms with van der Waals surface area (Å²) in [5.41, 5.74) is 1.11. The molecule has 102 valence electrons. The van der Waals surface area contributed by atoms with E-state index in [2.05, 4.69) is 18.8 Å². The second-order valence-electron chi connectivity index (χ2n) is 4.77. The fourth-order valence-electron chi connectivity index (χ4n) is 2.55. The minimum atomic E-state index is 0.266.